The van der Waals surface area contributed by atoms with Crippen molar-refractivity contribution in [3.63, 3.8) is 0 Å². The van der Waals surface area contributed by atoms with E-state index in [2.05, 4.69) is 35.7 Å². The molecule has 0 radical (unpaired) electrons. The van der Waals surface area contributed by atoms with Crippen molar-refractivity contribution in [1.29, 1.82) is 0 Å². The summed E-state index contributed by atoms with van der Waals surface area (Å²) in [4.78, 5) is 30.6. The van der Waals surface area contributed by atoms with Crippen LogP contribution in [0.5, 0.6) is 0 Å². The van der Waals surface area contributed by atoms with Gasteiger partial charge in [-0.15, -0.1) is 0 Å². The molecule has 27 heavy (non-hydrogen) atoms. The summed E-state index contributed by atoms with van der Waals surface area (Å²) in [7, 11) is 0. The third-order valence-electron chi connectivity index (χ3n) is 5.59. The lowest BCUT2D eigenvalue weighted by atomic mass is 9.92. The fraction of sp³-hybridized carbons (Fsp3) is 0.750. The third kappa shape index (κ3) is 5.39. The Hall–Kier alpha value is -1.73. The number of hydrogen-bond donors (Lipinski definition) is 0. The van der Waals surface area contributed by atoms with Gasteiger partial charge in [0.15, 0.2) is 0 Å². The molecule has 0 aromatic carbocycles. The smallest absolute Gasteiger partial charge is 0.266 e. The standard InChI is InChI=1S/C20H33N5O2/c1-20(2,3)17-6-7-19(27)25(21-17)16-14-23-11-9-22(10-12-23)13-15-24-8-4-5-18(24)26/h6-7H,4-5,8-16H2,1-3H3. The quantitative estimate of drug-likeness (QED) is 0.735. The number of nitrogens with zero attached hydrogens (tertiary/aromatic N) is 5. The van der Waals surface area contributed by atoms with Crippen molar-refractivity contribution < 1.29 is 4.79 Å². The van der Waals surface area contributed by atoms with E-state index in [4.69, 9.17) is 0 Å². The van der Waals surface area contributed by atoms with Gasteiger partial charge in [0.1, 0.15) is 0 Å². The molecule has 1 amide bonds. The molecule has 2 aliphatic rings. The number of piperazine rings is 1. The number of aromatic nitrogens is 2. The van der Waals surface area contributed by atoms with Crippen molar-refractivity contribution >= 4 is 5.91 Å². The fourth-order valence-electron chi connectivity index (χ4n) is 3.68. The lowest BCUT2D eigenvalue weighted by molar-refractivity contribution is -0.127. The molecule has 0 bridgehead atoms. The van der Waals surface area contributed by atoms with Crippen LogP contribution in [0.1, 0.15) is 39.3 Å². The predicted molar refractivity (Wildman–Crippen MR) is 106 cm³/mol. The summed E-state index contributed by atoms with van der Waals surface area (Å²) in [6.07, 6.45) is 1.73. The van der Waals surface area contributed by atoms with E-state index in [1.54, 1.807) is 10.7 Å². The number of carbonyl (C=O) groups excluding carboxylic acids is 1. The lowest BCUT2D eigenvalue weighted by Gasteiger charge is -2.35. The topological polar surface area (TPSA) is 61.7 Å². The van der Waals surface area contributed by atoms with E-state index >= 15 is 0 Å². The van der Waals surface area contributed by atoms with E-state index in [-0.39, 0.29) is 11.0 Å². The molecule has 0 atom stereocenters. The lowest BCUT2D eigenvalue weighted by Crippen LogP contribution is -2.49. The zero-order chi connectivity index (χ0) is 19.4. The molecular formula is C20H33N5O2. The van der Waals surface area contributed by atoms with Crippen molar-refractivity contribution in [1.82, 2.24) is 24.5 Å². The van der Waals surface area contributed by atoms with Crippen LogP contribution in [0.25, 0.3) is 0 Å². The van der Waals surface area contributed by atoms with Crippen molar-refractivity contribution in [3.05, 3.63) is 28.2 Å². The minimum Gasteiger partial charge on any atom is -0.341 e. The van der Waals surface area contributed by atoms with Crippen LogP contribution < -0.4 is 5.56 Å². The van der Waals surface area contributed by atoms with Gasteiger partial charge < -0.3 is 4.90 Å². The Morgan fingerprint density at radius 3 is 2.07 bits per heavy atom. The van der Waals surface area contributed by atoms with Crippen LogP contribution in [-0.2, 0) is 16.8 Å². The summed E-state index contributed by atoms with van der Waals surface area (Å²) in [6.45, 7) is 14.6. The number of amides is 1. The highest BCUT2D eigenvalue weighted by Crippen LogP contribution is 2.18. The molecule has 1 aromatic rings. The van der Waals surface area contributed by atoms with Crippen LogP contribution in [0.2, 0.25) is 0 Å². The molecule has 2 saturated heterocycles. The molecule has 1 aromatic heterocycles. The Morgan fingerprint density at radius 2 is 1.52 bits per heavy atom. The van der Waals surface area contributed by atoms with Gasteiger partial charge in [-0.25, -0.2) is 4.68 Å². The van der Waals surface area contributed by atoms with Gasteiger partial charge in [-0.2, -0.15) is 5.10 Å². The highest BCUT2D eigenvalue weighted by atomic mass is 16.2. The van der Waals surface area contributed by atoms with Crippen LogP contribution in [0.4, 0.5) is 0 Å². The van der Waals surface area contributed by atoms with E-state index in [9.17, 15) is 9.59 Å². The molecule has 2 fully saturated rings. The van der Waals surface area contributed by atoms with Crippen molar-refractivity contribution in [3.8, 4) is 0 Å². The van der Waals surface area contributed by atoms with Gasteiger partial charge in [0, 0.05) is 70.3 Å². The average molecular weight is 376 g/mol. The summed E-state index contributed by atoms with van der Waals surface area (Å²) in [5.74, 6) is 0.309. The van der Waals surface area contributed by atoms with Crippen LogP contribution in [0.15, 0.2) is 16.9 Å². The SMILES string of the molecule is CC(C)(C)c1ccc(=O)n(CCN2CCN(CCN3CCCC3=O)CC2)n1. The highest BCUT2D eigenvalue weighted by molar-refractivity contribution is 5.78. The van der Waals surface area contributed by atoms with Gasteiger partial charge in [-0.3, -0.25) is 19.4 Å². The highest BCUT2D eigenvalue weighted by Gasteiger charge is 2.22. The second-order valence-electron chi connectivity index (χ2n) is 8.70. The largest absolute Gasteiger partial charge is 0.341 e. The normalized spacial score (nSPS) is 19.8. The van der Waals surface area contributed by atoms with E-state index in [0.29, 0.717) is 12.5 Å². The first-order valence-corrected chi connectivity index (χ1v) is 10.1. The van der Waals surface area contributed by atoms with Crippen LogP contribution in [0, 0.1) is 0 Å². The first kappa shape index (κ1) is 20.0. The Bertz CT molecular complexity index is 701. The Morgan fingerprint density at radius 1 is 0.889 bits per heavy atom. The maximum atomic E-state index is 12.1. The summed E-state index contributed by atoms with van der Waals surface area (Å²) in [6, 6.07) is 3.47. The molecule has 0 unspecified atom stereocenters. The molecular weight excluding hydrogens is 342 g/mol. The average Bonchev–Trinajstić information content (AvgIpc) is 3.04. The van der Waals surface area contributed by atoms with Crippen LogP contribution >= 0.6 is 0 Å². The summed E-state index contributed by atoms with van der Waals surface area (Å²) < 4.78 is 1.60. The molecule has 7 nitrogen and oxygen atoms in total. The maximum Gasteiger partial charge on any atom is 0.266 e. The molecule has 7 heteroatoms. The monoisotopic (exact) mass is 375 g/mol. The van der Waals surface area contributed by atoms with Gasteiger partial charge in [0.2, 0.25) is 5.91 Å². The van der Waals surface area contributed by atoms with Gasteiger partial charge in [-0.1, -0.05) is 20.8 Å². The minimum atomic E-state index is -0.0577. The third-order valence-corrected chi connectivity index (χ3v) is 5.59. The predicted octanol–water partition coefficient (Wildman–Crippen LogP) is 0.781. The summed E-state index contributed by atoms with van der Waals surface area (Å²) in [5.41, 5.74) is 0.859. The second-order valence-corrected chi connectivity index (χ2v) is 8.70. The van der Waals surface area contributed by atoms with Crippen LogP contribution in [0.3, 0.4) is 0 Å². The maximum absolute atomic E-state index is 12.1. The molecule has 3 heterocycles. The van der Waals surface area contributed by atoms with Crippen molar-refractivity contribution in [2.24, 2.45) is 0 Å². The van der Waals surface area contributed by atoms with E-state index in [1.807, 2.05) is 11.0 Å². The Labute approximate surface area is 161 Å². The summed E-state index contributed by atoms with van der Waals surface area (Å²) >= 11 is 0. The van der Waals surface area contributed by atoms with Crippen LogP contribution in [-0.4, -0.2) is 82.7 Å². The Kier molecular flexibility index (Phi) is 6.32. The number of likely N-dealkylation sites (tertiary alicyclic amines) is 1. The van der Waals surface area contributed by atoms with E-state index in [0.717, 1.165) is 70.9 Å². The van der Waals surface area contributed by atoms with Crippen molar-refractivity contribution in [2.75, 3.05) is 52.4 Å². The van der Waals surface area contributed by atoms with Gasteiger partial charge in [0.05, 0.1) is 12.2 Å². The van der Waals surface area contributed by atoms with Gasteiger partial charge in [-0.05, 0) is 12.5 Å². The van der Waals surface area contributed by atoms with E-state index in [1.165, 1.54) is 0 Å². The first-order chi connectivity index (χ1) is 12.8. The molecule has 0 spiro atoms. The molecule has 150 valence electrons. The van der Waals surface area contributed by atoms with Gasteiger partial charge >= 0.3 is 0 Å². The zero-order valence-corrected chi connectivity index (χ0v) is 17.0. The number of rotatable bonds is 6. The van der Waals surface area contributed by atoms with E-state index < -0.39 is 0 Å². The molecule has 0 aliphatic carbocycles. The number of hydrogen-bond acceptors (Lipinski definition) is 5. The molecule has 2 aliphatic heterocycles. The molecule has 3 rings (SSSR count). The summed E-state index contributed by atoms with van der Waals surface area (Å²) in [5, 5.41) is 4.55. The molecule has 0 N–H and O–H groups in total. The second kappa shape index (κ2) is 8.52. The fourth-order valence-corrected chi connectivity index (χ4v) is 3.68. The van der Waals surface area contributed by atoms with Crippen molar-refractivity contribution in [2.45, 2.75) is 45.6 Å². The van der Waals surface area contributed by atoms with Gasteiger partial charge in [0.25, 0.3) is 5.56 Å². The minimum absolute atomic E-state index is 0.0306. The molecule has 0 saturated carbocycles. The number of carbonyl (C=O) groups is 1. The first-order valence-electron chi connectivity index (χ1n) is 10.1. The zero-order valence-electron chi connectivity index (χ0n) is 17.0. The Balaban J connectivity index is 1.43.